The van der Waals surface area contributed by atoms with E-state index in [0.29, 0.717) is 11.4 Å². The molecular weight excluding hydrogens is 552 g/mol. The molecular formula is C26H42N8O8. The molecule has 0 unspecified atom stereocenters. The van der Waals surface area contributed by atoms with E-state index in [9.17, 15) is 19.8 Å². The number of pyridine rings is 2. The third kappa shape index (κ3) is 10.5. The fourth-order valence-electron chi connectivity index (χ4n) is 4.48. The molecule has 0 atom stereocenters. The van der Waals surface area contributed by atoms with Crippen LogP contribution in [0.5, 0.6) is 0 Å². The molecule has 2 aromatic rings. The van der Waals surface area contributed by atoms with E-state index in [1.165, 1.54) is 88.0 Å². The van der Waals surface area contributed by atoms with Gasteiger partial charge >= 0.3 is 11.9 Å². The number of nitrogens with one attached hydrogen (secondary N) is 4. The van der Waals surface area contributed by atoms with Crippen molar-refractivity contribution in [3.05, 3.63) is 47.8 Å². The molecule has 0 bridgehead atoms. The average molecular weight is 595 g/mol. The predicted octanol–water partition coefficient (Wildman–Crippen LogP) is -5.75. The summed E-state index contributed by atoms with van der Waals surface area (Å²) in [5.41, 5.74) is 0.796. The van der Waals surface area contributed by atoms with Gasteiger partial charge in [-0.15, -0.1) is 0 Å². The highest BCUT2D eigenvalue weighted by molar-refractivity contribution is 5.86. The van der Waals surface area contributed by atoms with Gasteiger partial charge in [-0.1, -0.05) is 0 Å². The molecule has 0 saturated heterocycles. The first kappa shape index (κ1) is 37.6. The van der Waals surface area contributed by atoms with Gasteiger partial charge in [-0.05, 0) is 24.3 Å². The third-order valence-corrected chi connectivity index (χ3v) is 6.48. The summed E-state index contributed by atoms with van der Waals surface area (Å²) < 4.78 is 4.79. The molecule has 0 amide bonds. The molecule has 6 rings (SSSR count). The summed E-state index contributed by atoms with van der Waals surface area (Å²) in [5.74, 6) is -0.0985. The Labute approximate surface area is 243 Å². The average Bonchev–Trinajstić information content (AvgIpc) is 2.98. The predicted molar refractivity (Wildman–Crippen MR) is 151 cm³/mol. The second kappa shape index (κ2) is 18.9. The summed E-state index contributed by atoms with van der Waals surface area (Å²) in [6.45, 7) is 9.48. The van der Waals surface area contributed by atoms with Crippen molar-refractivity contribution >= 4 is 23.9 Å². The quantitative estimate of drug-likeness (QED) is 0.244. The third-order valence-electron chi connectivity index (χ3n) is 6.48. The minimum atomic E-state index is -1.31. The molecule has 12 N–H and O–H groups in total. The minimum absolute atomic E-state index is 0. The van der Waals surface area contributed by atoms with Gasteiger partial charge in [0.1, 0.15) is 0 Å². The number of aromatic carboxylic acids is 2. The standard InChI is InChI=1S/C12H8N2O4.2C7H13N3.4H2O/c15-11(16)7-1-3-9(13-5-7)10-4-2-8(6-14-10)12(17)18;2*1-3-8-7-9-4-2-6-10(7)5-1;;;;/h1-6H,(H,15,16)(H,17,18);2*1-6H2,(H,8,9);4*1H2. The molecule has 0 saturated carbocycles. The van der Waals surface area contributed by atoms with Crippen LogP contribution >= 0.6 is 0 Å². The second-order valence-corrected chi connectivity index (χ2v) is 9.23. The zero-order valence-electron chi connectivity index (χ0n) is 23.4. The van der Waals surface area contributed by atoms with E-state index in [1.54, 1.807) is 0 Å². The van der Waals surface area contributed by atoms with E-state index < -0.39 is 11.9 Å². The van der Waals surface area contributed by atoms with Gasteiger partial charge in [0.15, 0.2) is 0 Å². The van der Waals surface area contributed by atoms with Crippen molar-refractivity contribution in [2.45, 2.75) is 25.7 Å². The van der Waals surface area contributed by atoms with Gasteiger partial charge in [0.25, 0.3) is 0 Å². The van der Waals surface area contributed by atoms with Gasteiger partial charge in [0.05, 0.1) is 75.7 Å². The van der Waals surface area contributed by atoms with Gasteiger partial charge < -0.3 is 41.7 Å². The number of guanidine groups is 2. The van der Waals surface area contributed by atoms with Crippen molar-refractivity contribution in [1.82, 2.24) is 31.2 Å². The molecule has 16 heteroatoms. The molecule has 6 heterocycles. The lowest BCUT2D eigenvalue weighted by atomic mass is 10.2. The fraction of sp³-hybridized carbons (Fsp3) is 0.462. The van der Waals surface area contributed by atoms with Crippen LogP contribution in [0.1, 0.15) is 46.4 Å². The topological polar surface area (TPSA) is 286 Å². The molecule has 4 aliphatic rings. The summed E-state index contributed by atoms with van der Waals surface area (Å²) in [5, 5.41) is 34.5. The second-order valence-electron chi connectivity index (χ2n) is 9.23. The van der Waals surface area contributed by atoms with Crippen LogP contribution in [-0.2, 0) is 0 Å². The van der Waals surface area contributed by atoms with E-state index >= 15 is 0 Å². The van der Waals surface area contributed by atoms with Gasteiger partial charge in [0, 0.05) is 49.2 Å². The number of carboxylic acids is 2. The monoisotopic (exact) mass is 594 g/mol. The summed E-state index contributed by atoms with van der Waals surface area (Å²) in [6.07, 6.45) is 7.44. The van der Waals surface area contributed by atoms with Crippen LogP contribution in [0.15, 0.2) is 36.7 Å². The van der Waals surface area contributed by atoms with Gasteiger partial charge in [-0.2, -0.15) is 0 Å². The molecule has 42 heavy (non-hydrogen) atoms. The van der Waals surface area contributed by atoms with Crippen molar-refractivity contribution in [2.75, 3.05) is 52.4 Å². The first-order valence-corrected chi connectivity index (χ1v) is 13.1. The van der Waals surface area contributed by atoms with E-state index in [1.807, 2.05) is 0 Å². The minimum Gasteiger partial charge on any atom is -0.545 e. The van der Waals surface area contributed by atoms with Crippen LogP contribution in [-0.4, -0.2) is 117 Å². The highest BCUT2D eigenvalue weighted by Crippen LogP contribution is 2.14. The van der Waals surface area contributed by atoms with Crippen LogP contribution in [0.3, 0.4) is 0 Å². The zero-order chi connectivity index (χ0) is 26.7. The molecule has 4 aliphatic heterocycles. The summed E-state index contributed by atoms with van der Waals surface area (Å²) in [4.78, 5) is 28.9. The van der Waals surface area contributed by atoms with E-state index in [0.717, 1.165) is 38.6 Å². The Morgan fingerprint density at radius 3 is 1.10 bits per heavy atom. The van der Waals surface area contributed by atoms with E-state index in [-0.39, 0.29) is 33.0 Å². The first-order valence-electron chi connectivity index (χ1n) is 13.1. The maximum atomic E-state index is 10.5. The highest BCUT2D eigenvalue weighted by Gasteiger charge is 2.20. The van der Waals surface area contributed by atoms with Crippen molar-refractivity contribution in [3.63, 3.8) is 0 Å². The molecule has 0 aromatic carbocycles. The number of nitrogens with zero attached hydrogens (tertiary/aromatic N) is 4. The molecule has 0 radical (unpaired) electrons. The Balaban J connectivity index is 0.000000606. The van der Waals surface area contributed by atoms with Crippen molar-refractivity contribution < 1.29 is 50.9 Å². The largest absolute Gasteiger partial charge is 0.545 e. The number of rotatable bonds is 3. The molecule has 234 valence electrons. The van der Waals surface area contributed by atoms with Crippen LogP contribution < -0.4 is 31.5 Å². The number of aromatic nitrogens is 2. The lowest BCUT2D eigenvalue weighted by Gasteiger charge is -2.22. The molecule has 0 aliphatic carbocycles. The van der Waals surface area contributed by atoms with E-state index in [4.69, 9.17) is 0 Å². The Morgan fingerprint density at radius 1 is 0.571 bits per heavy atom. The van der Waals surface area contributed by atoms with Gasteiger partial charge in [0.2, 0.25) is 0 Å². The smallest absolute Gasteiger partial charge is 0.345 e. The lowest BCUT2D eigenvalue weighted by Crippen LogP contribution is -2.52. The summed E-state index contributed by atoms with van der Waals surface area (Å²) in [7, 11) is 0. The van der Waals surface area contributed by atoms with Crippen LogP contribution in [0.4, 0.5) is 0 Å². The molecule has 16 nitrogen and oxygen atoms in total. The molecule has 0 spiro atoms. The molecule has 2 aromatic heterocycles. The maximum Gasteiger partial charge on any atom is 0.345 e. The summed E-state index contributed by atoms with van der Waals surface area (Å²) >= 11 is 0. The maximum absolute atomic E-state index is 10.5. The van der Waals surface area contributed by atoms with E-state index in [2.05, 4.69) is 40.4 Å². The SMILES string of the molecule is C1CNC2=[N+](C1)CCCN2.C1CNC2=[N+](C1)CCCN2.O.O.O.O.O=C([O-])c1ccc(-c2ccc(C(=O)[O-])cn2)nc1. The van der Waals surface area contributed by atoms with Gasteiger partial charge in [-0.25, -0.2) is 0 Å². The number of hydrogen-bond acceptors (Lipinski definition) is 10. The summed E-state index contributed by atoms with van der Waals surface area (Å²) in [6, 6.07) is 5.61. The Bertz CT molecular complexity index is 1030. The normalized spacial score (nSPS) is 16.1. The van der Waals surface area contributed by atoms with Crippen molar-refractivity contribution in [2.24, 2.45) is 0 Å². The number of carbonyl (C=O) groups excluding carboxylic acids is 2. The highest BCUT2D eigenvalue weighted by atomic mass is 16.4. The Kier molecular flexibility index (Phi) is 16.9. The van der Waals surface area contributed by atoms with Gasteiger partial charge in [-0.3, -0.25) is 40.4 Å². The number of hydrogen-bond donors (Lipinski definition) is 4. The zero-order valence-corrected chi connectivity index (χ0v) is 23.4. The van der Waals surface area contributed by atoms with Crippen molar-refractivity contribution in [3.8, 4) is 11.4 Å². The number of carboxylic acid groups (broad SMARTS) is 2. The Hall–Kier alpha value is -4.38. The van der Waals surface area contributed by atoms with Crippen LogP contribution in [0, 0.1) is 0 Å². The van der Waals surface area contributed by atoms with Crippen molar-refractivity contribution in [1.29, 1.82) is 0 Å². The lowest BCUT2D eigenvalue weighted by molar-refractivity contribution is -0.539. The first-order chi connectivity index (χ1) is 18.5. The molecule has 0 fully saturated rings. The Morgan fingerprint density at radius 2 is 0.881 bits per heavy atom. The van der Waals surface area contributed by atoms with Crippen LogP contribution in [0.2, 0.25) is 0 Å². The van der Waals surface area contributed by atoms with Crippen LogP contribution in [0.25, 0.3) is 11.4 Å². The number of carbonyl (C=O) groups is 2. The fourth-order valence-corrected chi connectivity index (χ4v) is 4.48.